The van der Waals surface area contributed by atoms with Gasteiger partial charge >= 0.3 is 0 Å². The fourth-order valence-electron chi connectivity index (χ4n) is 9.27. The Morgan fingerprint density at radius 1 is 0.892 bits per heavy atom. The molecule has 0 aromatic rings. The Balaban J connectivity index is 1.21. The average Bonchev–Trinajstić information content (AvgIpc) is 3.17. The quantitative estimate of drug-likeness (QED) is 0.288. The Bertz CT molecular complexity index is 762. The third-order valence-corrected chi connectivity index (χ3v) is 10.6. The van der Waals surface area contributed by atoms with Crippen LogP contribution in [-0.2, 0) is 23.7 Å². The van der Waals surface area contributed by atoms with Gasteiger partial charge in [0.15, 0.2) is 12.6 Å². The number of carbonyl (C=O) groups is 1. The maximum absolute atomic E-state index is 11.6. The molecule has 37 heavy (non-hydrogen) atoms. The molecule has 0 spiro atoms. The van der Waals surface area contributed by atoms with E-state index in [2.05, 4.69) is 6.08 Å². The first-order chi connectivity index (χ1) is 18.1. The van der Waals surface area contributed by atoms with Gasteiger partial charge in [-0.2, -0.15) is 0 Å². The number of allylic oxidation sites excluding steroid dienone is 1. The van der Waals surface area contributed by atoms with Crippen molar-refractivity contribution in [3.63, 3.8) is 0 Å². The molecule has 2 heterocycles. The van der Waals surface area contributed by atoms with Crippen LogP contribution in [0, 0.1) is 35.0 Å². The van der Waals surface area contributed by atoms with Crippen molar-refractivity contribution >= 4 is 6.29 Å². The molecule has 6 nitrogen and oxygen atoms in total. The summed E-state index contributed by atoms with van der Waals surface area (Å²) < 4.78 is 24.9. The van der Waals surface area contributed by atoms with E-state index in [1.54, 1.807) is 0 Å². The Labute approximate surface area is 222 Å². The second-order valence-corrected chi connectivity index (χ2v) is 13.4. The van der Waals surface area contributed by atoms with Gasteiger partial charge in [-0.3, -0.25) is 0 Å². The van der Waals surface area contributed by atoms with Gasteiger partial charge in [0.05, 0.1) is 24.6 Å². The molecule has 7 aliphatic rings. The topological polar surface area (TPSA) is 74.2 Å². The Morgan fingerprint density at radius 3 is 2.14 bits per heavy atom. The number of hydrogen-bond acceptors (Lipinski definition) is 6. The summed E-state index contributed by atoms with van der Waals surface area (Å²) in [5.41, 5.74) is 0.480. The highest BCUT2D eigenvalue weighted by Crippen LogP contribution is 2.62. The van der Waals surface area contributed by atoms with Crippen molar-refractivity contribution in [2.45, 2.75) is 128 Å². The molecular weight excluding hydrogens is 468 g/mol. The first-order valence-corrected chi connectivity index (χ1v) is 15.5. The number of aliphatic hydroxyl groups excluding tert-OH is 1. The second kappa shape index (κ2) is 11.7. The van der Waals surface area contributed by atoms with E-state index in [0.29, 0.717) is 18.3 Å². The van der Waals surface area contributed by atoms with Crippen molar-refractivity contribution in [3.8, 4) is 0 Å². The summed E-state index contributed by atoms with van der Waals surface area (Å²) in [6.45, 7) is 1.49. The lowest BCUT2D eigenvalue weighted by Gasteiger charge is -2.57. The number of ether oxygens (including phenoxy) is 4. The van der Waals surface area contributed by atoms with Crippen LogP contribution in [0.3, 0.4) is 0 Å². The third kappa shape index (κ3) is 6.13. The van der Waals surface area contributed by atoms with Gasteiger partial charge < -0.3 is 28.8 Å². The minimum Gasteiger partial charge on any atom is -0.470 e. The lowest BCUT2D eigenvalue weighted by molar-refractivity contribution is -0.193. The maximum atomic E-state index is 11.6. The van der Waals surface area contributed by atoms with Gasteiger partial charge in [-0.15, -0.1) is 0 Å². The molecule has 7 fully saturated rings. The van der Waals surface area contributed by atoms with Crippen molar-refractivity contribution in [3.05, 3.63) is 11.8 Å². The highest BCUT2D eigenvalue weighted by atomic mass is 16.7. The molecule has 6 heteroatoms. The fraction of sp³-hybridized carbons (Fsp3) is 0.903. The van der Waals surface area contributed by atoms with Crippen molar-refractivity contribution in [1.29, 1.82) is 0 Å². The molecule has 2 unspecified atom stereocenters. The van der Waals surface area contributed by atoms with Gasteiger partial charge in [-0.1, -0.05) is 0 Å². The van der Waals surface area contributed by atoms with E-state index in [1.807, 2.05) is 0 Å². The Kier molecular flexibility index (Phi) is 8.28. The normalized spacial score (nSPS) is 45.8. The molecule has 0 radical (unpaired) electrons. The lowest BCUT2D eigenvalue weighted by Crippen LogP contribution is -2.46. The van der Waals surface area contributed by atoms with Gasteiger partial charge in [-0.25, -0.2) is 0 Å². The number of carbonyl (C=O) groups excluding carboxylic acids is 1. The molecule has 2 saturated heterocycles. The smallest absolute Gasteiger partial charge is 0.199 e. The minimum absolute atomic E-state index is 0.0549. The minimum atomic E-state index is -0.546. The molecule has 4 bridgehead atoms. The van der Waals surface area contributed by atoms with Gasteiger partial charge in [0.1, 0.15) is 6.29 Å². The van der Waals surface area contributed by atoms with Crippen LogP contribution in [0.15, 0.2) is 11.8 Å². The average molecular weight is 517 g/mol. The standard InChI is InChI=1S/C31H48O6/c32-10-8-25-26(28(17-27(25)33)37-30-6-2-4-12-35-30)16-24(36-29-5-1-3-11-34-29)7-9-31-18-21-13-22(19-31)15-23(14-21)20-31/h10,16,21-23,25-30,33H,1-9,11-15,17-20H2/t21?,22?,23?,25-,26-,27+,28-,29?,30?,31?/m1/s1. The van der Waals surface area contributed by atoms with Crippen LogP contribution in [0.5, 0.6) is 0 Å². The summed E-state index contributed by atoms with van der Waals surface area (Å²) in [5.74, 6) is 3.62. The van der Waals surface area contributed by atoms with E-state index >= 15 is 0 Å². The van der Waals surface area contributed by atoms with Gasteiger partial charge in [0, 0.05) is 44.1 Å². The van der Waals surface area contributed by atoms with E-state index in [1.165, 1.54) is 44.9 Å². The first-order valence-electron chi connectivity index (χ1n) is 15.5. The Hall–Kier alpha value is -0.950. The van der Waals surface area contributed by atoms with Gasteiger partial charge in [0.2, 0.25) is 0 Å². The van der Waals surface area contributed by atoms with Crippen LogP contribution in [0.1, 0.15) is 103 Å². The lowest BCUT2D eigenvalue weighted by atomic mass is 9.48. The molecule has 2 aliphatic heterocycles. The zero-order valence-corrected chi connectivity index (χ0v) is 22.6. The summed E-state index contributed by atoms with van der Waals surface area (Å²) in [6.07, 6.45) is 19.9. The van der Waals surface area contributed by atoms with Crippen LogP contribution in [0.2, 0.25) is 0 Å². The fourth-order valence-corrected chi connectivity index (χ4v) is 9.27. The molecule has 5 saturated carbocycles. The summed E-state index contributed by atoms with van der Waals surface area (Å²) in [7, 11) is 0. The predicted octanol–water partition coefficient (Wildman–Crippen LogP) is 5.91. The highest BCUT2D eigenvalue weighted by molar-refractivity contribution is 5.50. The van der Waals surface area contributed by atoms with Crippen molar-refractivity contribution in [2.75, 3.05) is 13.2 Å². The van der Waals surface area contributed by atoms with Gasteiger partial charge in [0.25, 0.3) is 0 Å². The first kappa shape index (κ1) is 26.3. The van der Waals surface area contributed by atoms with Crippen LogP contribution in [0.25, 0.3) is 0 Å². The summed E-state index contributed by atoms with van der Waals surface area (Å²) in [6, 6.07) is 0. The third-order valence-electron chi connectivity index (χ3n) is 10.6. The highest BCUT2D eigenvalue weighted by Gasteiger charge is 2.50. The number of aldehydes is 1. The largest absolute Gasteiger partial charge is 0.470 e. The second-order valence-electron chi connectivity index (χ2n) is 13.4. The molecule has 5 aliphatic carbocycles. The molecule has 0 aromatic carbocycles. The molecule has 1 N–H and O–H groups in total. The molecule has 208 valence electrons. The zero-order valence-electron chi connectivity index (χ0n) is 22.6. The van der Waals surface area contributed by atoms with Crippen LogP contribution in [0.4, 0.5) is 0 Å². The van der Waals surface area contributed by atoms with E-state index in [4.69, 9.17) is 18.9 Å². The Morgan fingerprint density at radius 2 is 1.54 bits per heavy atom. The van der Waals surface area contributed by atoms with Gasteiger partial charge in [-0.05, 0) is 106 Å². The van der Waals surface area contributed by atoms with E-state index in [9.17, 15) is 9.90 Å². The summed E-state index contributed by atoms with van der Waals surface area (Å²) >= 11 is 0. The van der Waals surface area contributed by atoms with Crippen molar-refractivity contribution in [2.24, 2.45) is 35.0 Å². The number of aliphatic hydroxyl groups is 1. The van der Waals surface area contributed by atoms with E-state index in [-0.39, 0.29) is 30.5 Å². The zero-order chi connectivity index (χ0) is 25.2. The molecule has 6 atom stereocenters. The number of hydrogen-bond donors (Lipinski definition) is 1. The summed E-state index contributed by atoms with van der Waals surface area (Å²) in [4.78, 5) is 11.6. The van der Waals surface area contributed by atoms with Crippen LogP contribution in [-0.4, -0.2) is 49.4 Å². The molecule has 0 aromatic heterocycles. The van der Waals surface area contributed by atoms with Crippen LogP contribution < -0.4 is 0 Å². The van der Waals surface area contributed by atoms with Crippen molar-refractivity contribution < 1.29 is 28.8 Å². The van der Waals surface area contributed by atoms with Crippen molar-refractivity contribution in [1.82, 2.24) is 0 Å². The monoisotopic (exact) mass is 516 g/mol. The van der Waals surface area contributed by atoms with Crippen LogP contribution >= 0.6 is 0 Å². The molecular formula is C31H48O6. The SMILES string of the molecule is O=CC[C@@H]1[C@@H](C=C(CCC23CC4CC(CC(C4)C2)C3)OC2CCCCO2)[C@H](OC2CCCCO2)C[C@@H]1O. The molecule has 0 amide bonds. The maximum Gasteiger partial charge on any atom is 0.199 e. The number of rotatable bonds is 10. The van der Waals surface area contributed by atoms with E-state index in [0.717, 1.165) is 88.0 Å². The molecule has 7 rings (SSSR count). The predicted molar refractivity (Wildman–Crippen MR) is 139 cm³/mol. The summed E-state index contributed by atoms with van der Waals surface area (Å²) in [5, 5.41) is 10.9. The van der Waals surface area contributed by atoms with E-state index < -0.39 is 6.10 Å².